The summed E-state index contributed by atoms with van der Waals surface area (Å²) in [5, 5.41) is 0. The number of hydrogen-bond donors (Lipinski definition) is 1. The van der Waals surface area contributed by atoms with E-state index in [4.69, 9.17) is 5.73 Å². The van der Waals surface area contributed by atoms with Gasteiger partial charge < -0.3 is 10.6 Å². The van der Waals surface area contributed by atoms with Crippen molar-refractivity contribution in [2.75, 3.05) is 6.54 Å². The molecule has 2 aliphatic rings. The van der Waals surface area contributed by atoms with Crippen molar-refractivity contribution in [1.29, 1.82) is 0 Å². The molecule has 2 saturated carbocycles. The molecule has 0 saturated heterocycles. The number of hydrogen-bond acceptors (Lipinski definition) is 1. The van der Waals surface area contributed by atoms with Crippen LogP contribution in [0.2, 0.25) is 0 Å². The molecule has 2 rings (SSSR count). The lowest BCUT2D eigenvalue weighted by atomic mass is 9.85. The molecule has 0 aromatic rings. The standard InChI is InChI=1S/C17H32N2O/c1-14-9-11-16(12-10-14)19(17(18)20)13-5-8-15-6-3-2-4-7-15/h14-16H,2-13H2,1H3,(H2,18,20). The fourth-order valence-corrected chi connectivity index (χ4v) is 4.05. The Kier molecular flexibility index (Phi) is 6.18. The number of amides is 2. The maximum atomic E-state index is 11.7. The van der Waals surface area contributed by atoms with Gasteiger partial charge in [0.15, 0.2) is 0 Å². The van der Waals surface area contributed by atoms with E-state index in [1.165, 1.54) is 51.4 Å². The molecule has 0 spiro atoms. The summed E-state index contributed by atoms with van der Waals surface area (Å²) < 4.78 is 0. The fraction of sp³-hybridized carbons (Fsp3) is 0.941. The van der Waals surface area contributed by atoms with Crippen LogP contribution in [0.25, 0.3) is 0 Å². The van der Waals surface area contributed by atoms with E-state index in [-0.39, 0.29) is 6.03 Å². The highest BCUT2D eigenvalue weighted by molar-refractivity contribution is 5.72. The first-order valence-electron chi connectivity index (χ1n) is 8.73. The summed E-state index contributed by atoms with van der Waals surface area (Å²) in [5.74, 6) is 1.73. The van der Waals surface area contributed by atoms with Crippen LogP contribution in [0.3, 0.4) is 0 Å². The Balaban J connectivity index is 1.73. The number of carbonyl (C=O) groups is 1. The highest BCUT2D eigenvalue weighted by Crippen LogP contribution is 2.29. The second kappa shape index (κ2) is 7.90. The summed E-state index contributed by atoms with van der Waals surface area (Å²) in [6, 6.07) is 0.211. The number of rotatable bonds is 5. The van der Waals surface area contributed by atoms with E-state index in [1.54, 1.807) is 0 Å². The van der Waals surface area contributed by atoms with Crippen molar-refractivity contribution in [1.82, 2.24) is 4.90 Å². The molecule has 0 aromatic heterocycles. The molecule has 0 unspecified atom stereocenters. The maximum absolute atomic E-state index is 11.7. The summed E-state index contributed by atoms with van der Waals surface area (Å²) in [6.45, 7) is 3.19. The van der Waals surface area contributed by atoms with Crippen LogP contribution in [-0.4, -0.2) is 23.5 Å². The lowest BCUT2D eigenvalue weighted by Crippen LogP contribution is -2.45. The van der Waals surface area contributed by atoms with Crippen LogP contribution in [0.4, 0.5) is 4.79 Å². The Morgan fingerprint density at radius 1 is 1.05 bits per heavy atom. The molecule has 3 heteroatoms. The van der Waals surface area contributed by atoms with E-state index >= 15 is 0 Å². The van der Waals surface area contributed by atoms with Crippen LogP contribution >= 0.6 is 0 Å². The van der Waals surface area contributed by atoms with Gasteiger partial charge in [-0.2, -0.15) is 0 Å². The zero-order valence-electron chi connectivity index (χ0n) is 13.2. The van der Waals surface area contributed by atoms with Gasteiger partial charge in [0.25, 0.3) is 0 Å². The summed E-state index contributed by atoms with van der Waals surface area (Å²) in [5.41, 5.74) is 5.61. The fourth-order valence-electron chi connectivity index (χ4n) is 4.05. The van der Waals surface area contributed by atoms with Gasteiger partial charge in [0.05, 0.1) is 0 Å². The normalized spacial score (nSPS) is 28.2. The third-order valence-corrected chi connectivity index (χ3v) is 5.45. The molecule has 0 atom stereocenters. The molecule has 2 N–H and O–H groups in total. The molecule has 0 bridgehead atoms. The van der Waals surface area contributed by atoms with Gasteiger partial charge in [-0.05, 0) is 50.4 Å². The highest BCUT2D eigenvalue weighted by Gasteiger charge is 2.26. The molecular formula is C17H32N2O. The van der Waals surface area contributed by atoms with Crippen LogP contribution < -0.4 is 5.73 Å². The minimum Gasteiger partial charge on any atom is -0.351 e. The van der Waals surface area contributed by atoms with Crippen molar-refractivity contribution in [3.05, 3.63) is 0 Å². The maximum Gasteiger partial charge on any atom is 0.315 e. The van der Waals surface area contributed by atoms with Gasteiger partial charge in [-0.25, -0.2) is 4.79 Å². The Morgan fingerprint density at radius 3 is 2.30 bits per heavy atom. The number of carbonyl (C=O) groups excluding carboxylic acids is 1. The molecule has 0 radical (unpaired) electrons. The SMILES string of the molecule is CC1CCC(N(CCCC2CCCCC2)C(N)=O)CC1. The third-order valence-electron chi connectivity index (χ3n) is 5.45. The first kappa shape index (κ1) is 15.7. The average molecular weight is 280 g/mol. The molecular weight excluding hydrogens is 248 g/mol. The van der Waals surface area contributed by atoms with E-state index in [9.17, 15) is 4.79 Å². The third kappa shape index (κ3) is 4.68. The second-order valence-electron chi connectivity index (χ2n) is 7.09. The number of primary amides is 1. The summed E-state index contributed by atoms with van der Waals surface area (Å²) in [6.07, 6.45) is 14.2. The van der Waals surface area contributed by atoms with Crippen LogP contribution in [0.15, 0.2) is 0 Å². The smallest absolute Gasteiger partial charge is 0.315 e. The predicted octanol–water partition coefficient (Wildman–Crippen LogP) is 4.31. The van der Waals surface area contributed by atoms with Crippen LogP contribution in [0.5, 0.6) is 0 Å². The van der Waals surface area contributed by atoms with Gasteiger partial charge in [-0.1, -0.05) is 39.0 Å². The van der Waals surface area contributed by atoms with Crippen LogP contribution in [0.1, 0.15) is 77.6 Å². The molecule has 0 aromatic carbocycles. The summed E-state index contributed by atoms with van der Waals surface area (Å²) >= 11 is 0. The first-order valence-corrected chi connectivity index (χ1v) is 8.73. The Labute approximate surface area is 124 Å². The zero-order chi connectivity index (χ0) is 14.4. The number of nitrogens with zero attached hydrogens (tertiary/aromatic N) is 1. The van der Waals surface area contributed by atoms with Gasteiger partial charge in [-0.15, -0.1) is 0 Å². The van der Waals surface area contributed by atoms with Crippen molar-refractivity contribution in [2.24, 2.45) is 17.6 Å². The highest BCUT2D eigenvalue weighted by atomic mass is 16.2. The van der Waals surface area contributed by atoms with Crippen molar-refractivity contribution in [2.45, 2.75) is 83.6 Å². The number of nitrogens with two attached hydrogens (primary N) is 1. The summed E-state index contributed by atoms with van der Waals surface area (Å²) in [7, 11) is 0. The molecule has 0 heterocycles. The van der Waals surface area contributed by atoms with Crippen LogP contribution in [0, 0.1) is 11.8 Å². The quantitative estimate of drug-likeness (QED) is 0.801. The zero-order valence-corrected chi connectivity index (χ0v) is 13.2. The molecule has 2 aliphatic carbocycles. The predicted molar refractivity (Wildman–Crippen MR) is 83.5 cm³/mol. The van der Waals surface area contributed by atoms with Crippen molar-refractivity contribution < 1.29 is 4.79 Å². The van der Waals surface area contributed by atoms with E-state index in [1.807, 2.05) is 4.90 Å². The molecule has 3 nitrogen and oxygen atoms in total. The minimum atomic E-state index is -0.201. The topological polar surface area (TPSA) is 46.3 Å². The van der Waals surface area contributed by atoms with Crippen molar-refractivity contribution >= 4 is 6.03 Å². The average Bonchev–Trinajstić information content (AvgIpc) is 2.46. The number of urea groups is 1. The van der Waals surface area contributed by atoms with Gasteiger partial charge in [0.2, 0.25) is 0 Å². The Hall–Kier alpha value is -0.730. The molecule has 20 heavy (non-hydrogen) atoms. The van der Waals surface area contributed by atoms with Crippen molar-refractivity contribution in [3.8, 4) is 0 Å². The van der Waals surface area contributed by atoms with Gasteiger partial charge in [-0.3, -0.25) is 0 Å². The first-order chi connectivity index (χ1) is 9.66. The van der Waals surface area contributed by atoms with E-state index in [0.29, 0.717) is 6.04 Å². The molecule has 0 aliphatic heterocycles. The second-order valence-corrected chi connectivity index (χ2v) is 7.09. The molecule has 2 fully saturated rings. The van der Waals surface area contributed by atoms with Gasteiger partial charge in [0.1, 0.15) is 0 Å². The molecule has 116 valence electrons. The largest absolute Gasteiger partial charge is 0.351 e. The van der Waals surface area contributed by atoms with E-state index < -0.39 is 0 Å². The Morgan fingerprint density at radius 2 is 1.70 bits per heavy atom. The van der Waals surface area contributed by atoms with E-state index in [0.717, 1.165) is 37.6 Å². The molecule has 2 amide bonds. The van der Waals surface area contributed by atoms with Crippen LogP contribution in [-0.2, 0) is 0 Å². The Bertz CT molecular complexity index is 291. The van der Waals surface area contributed by atoms with Gasteiger partial charge in [0, 0.05) is 12.6 Å². The minimum absolute atomic E-state index is 0.201. The van der Waals surface area contributed by atoms with Crippen molar-refractivity contribution in [3.63, 3.8) is 0 Å². The van der Waals surface area contributed by atoms with E-state index in [2.05, 4.69) is 6.92 Å². The summed E-state index contributed by atoms with van der Waals surface area (Å²) in [4.78, 5) is 13.7. The van der Waals surface area contributed by atoms with Gasteiger partial charge >= 0.3 is 6.03 Å². The lowest BCUT2D eigenvalue weighted by Gasteiger charge is -2.35. The monoisotopic (exact) mass is 280 g/mol. The lowest BCUT2D eigenvalue weighted by molar-refractivity contribution is 0.149.